The summed E-state index contributed by atoms with van der Waals surface area (Å²) in [5, 5.41) is 62.2. The number of hydrogen-bond acceptors (Lipinski definition) is 14. The molecule has 0 aliphatic rings. The molecule has 0 heterocycles. The van der Waals surface area contributed by atoms with E-state index in [2.05, 4.69) is 0 Å². The zero-order valence-corrected chi connectivity index (χ0v) is 21.5. The molecule has 0 amide bonds. The molecule has 0 saturated carbocycles. The topological polar surface area (TPSA) is 281 Å². The Hall–Kier alpha value is -1.59. The maximum absolute atomic E-state index is 8.89. The van der Waals surface area contributed by atoms with Gasteiger partial charge in [0.1, 0.15) is 0 Å². The minimum atomic E-state index is -1.08. The zero-order chi connectivity index (χ0) is 25.0. The third-order valence-electron chi connectivity index (χ3n) is 0. The van der Waals surface area contributed by atoms with Crippen molar-refractivity contribution in [1.82, 2.24) is 0 Å². The summed E-state index contributed by atoms with van der Waals surface area (Å²) in [6.07, 6.45) is 0. The van der Waals surface area contributed by atoms with Crippen LogP contribution in [0.2, 0.25) is 0 Å². The fourth-order valence-electron chi connectivity index (χ4n) is 0. The first-order valence-electron chi connectivity index (χ1n) is 6.36. The van der Waals surface area contributed by atoms with Gasteiger partial charge in [0.25, 0.3) is 0 Å². The van der Waals surface area contributed by atoms with Crippen LogP contribution in [0.25, 0.3) is 0 Å². The van der Waals surface area contributed by atoms with Crippen LogP contribution in [-0.2, 0) is 83.9 Å². The molecule has 18 heteroatoms. The molecule has 0 aliphatic carbocycles. The number of carbonyl (C=O) groups excluding carboxylic acids is 7. The Kier molecular flexibility index (Phi) is 137. The molecular weight excluding hydrogens is 572 g/mol. The van der Waals surface area contributed by atoms with Crippen molar-refractivity contribution >= 4 is 41.8 Å². The Morgan fingerprint density at radius 1 is 0.375 bits per heavy atom. The standard InChI is InChI=1S/7C2H4O2.Co.Li.Mn.Ni/c7*1-2(3)4;;;;/h7*1H3,(H,3,4);;;;/q;;;;;;;+2;+1;2*+2/p-7. The number of rotatable bonds is 0. The molecule has 188 valence electrons. The van der Waals surface area contributed by atoms with Crippen LogP contribution < -0.4 is 54.6 Å². The van der Waals surface area contributed by atoms with Crippen molar-refractivity contribution in [2.75, 3.05) is 0 Å². The van der Waals surface area contributed by atoms with Crippen LogP contribution in [0.3, 0.4) is 0 Å². The Balaban J connectivity index is -0.0000000175. The molecule has 0 aliphatic heterocycles. The summed E-state index contributed by atoms with van der Waals surface area (Å²) >= 11 is 0. The molecule has 2 radical (unpaired) electrons. The third-order valence-corrected chi connectivity index (χ3v) is 0. The molecule has 0 aromatic rings. The van der Waals surface area contributed by atoms with Crippen LogP contribution in [0, 0.1) is 0 Å². The van der Waals surface area contributed by atoms with Gasteiger partial charge in [-0.05, 0) is 48.5 Å². The molecule has 0 atom stereocenters. The van der Waals surface area contributed by atoms with Gasteiger partial charge in [-0.2, -0.15) is 0 Å². The average molecular weight is 593 g/mol. The molecule has 0 rings (SSSR count). The van der Waals surface area contributed by atoms with E-state index in [-0.39, 0.29) is 69.2 Å². The van der Waals surface area contributed by atoms with Gasteiger partial charge in [0, 0.05) is 41.8 Å². The molecule has 32 heavy (non-hydrogen) atoms. The summed E-state index contributed by atoms with van der Waals surface area (Å²) in [5.74, 6) is -7.58. The zero-order valence-electron chi connectivity index (χ0n) is 18.2. The summed E-state index contributed by atoms with van der Waals surface area (Å²) in [7, 11) is 0. The normalized spacial score (nSPS) is 5.47. The van der Waals surface area contributed by atoms with Crippen LogP contribution >= 0.6 is 0 Å². The van der Waals surface area contributed by atoms with Gasteiger partial charge >= 0.3 is 69.2 Å². The van der Waals surface area contributed by atoms with Crippen LogP contribution in [0.15, 0.2) is 0 Å². The molecule has 0 aromatic heterocycles. The molecule has 0 spiro atoms. The molecule has 0 N–H and O–H groups in total. The molecular formula is C14H21CoLiMnNiO14. The van der Waals surface area contributed by atoms with Gasteiger partial charge in [0.15, 0.2) is 0 Å². The summed E-state index contributed by atoms with van der Waals surface area (Å²) in [4.78, 5) is 62.2. The smallest absolute Gasteiger partial charge is 0.550 e. The van der Waals surface area contributed by atoms with E-state index in [1.807, 2.05) is 0 Å². The molecule has 0 saturated heterocycles. The molecule has 0 aromatic carbocycles. The van der Waals surface area contributed by atoms with Gasteiger partial charge in [-0.15, -0.1) is 0 Å². The van der Waals surface area contributed by atoms with E-state index < -0.39 is 41.8 Å². The summed E-state index contributed by atoms with van der Waals surface area (Å²) in [5.41, 5.74) is 0. The van der Waals surface area contributed by atoms with E-state index in [1.54, 1.807) is 0 Å². The first-order valence-corrected chi connectivity index (χ1v) is 6.36. The van der Waals surface area contributed by atoms with Gasteiger partial charge in [0.05, 0.1) is 0 Å². The quantitative estimate of drug-likeness (QED) is 0.236. The van der Waals surface area contributed by atoms with Crippen molar-refractivity contribution < 1.29 is 139 Å². The molecule has 0 bridgehead atoms. The van der Waals surface area contributed by atoms with Crippen LogP contribution in [0.1, 0.15) is 48.5 Å². The second-order valence-electron chi connectivity index (χ2n) is 3.44. The minimum absolute atomic E-state index is 0. The fourth-order valence-corrected chi connectivity index (χ4v) is 0. The summed E-state index contributed by atoms with van der Waals surface area (Å²) < 4.78 is 0. The van der Waals surface area contributed by atoms with Crippen molar-refractivity contribution in [3.8, 4) is 0 Å². The predicted molar refractivity (Wildman–Crippen MR) is 74.8 cm³/mol. The maximum atomic E-state index is 8.89. The summed E-state index contributed by atoms with van der Waals surface area (Å²) in [6.45, 7) is 6.81. The Bertz CT molecular complexity index is 332. The van der Waals surface area contributed by atoms with Crippen LogP contribution in [0.5, 0.6) is 0 Å². The molecule has 0 unspecified atom stereocenters. The van der Waals surface area contributed by atoms with Crippen molar-refractivity contribution in [3.63, 3.8) is 0 Å². The largest absolute Gasteiger partial charge is 2.00 e. The van der Waals surface area contributed by atoms with Gasteiger partial charge < -0.3 is 69.3 Å². The molecule has 0 fully saturated rings. The van der Waals surface area contributed by atoms with Gasteiger partial charge in [-0.25, -0.2) is 0 Å². The van der Waals surface area contributed by atoms with E-state index >= 15 is 0 Å². The van der Waals surface area contributed by atoms with Crippen molar-refractivity contribution in [2.24, 2.45) is 0 Å². The van der Waals surface area contributed by atoms with E-state index in [0.717, 1.165) is 48.5 Å². The Morgan fingerprint density at radius 2 is 0.375 bits per heavy atom. The summed E-state index contributed by atoms with van der Waals surface area (Å²) in [6, 6.07) is 0. The van der Waals surface area contributed by atoms with E-state index in [1.165, 1.54) is 0 Å². The molecule has 14 nitrogen and oxygen atoms in total. The van der Waals surface area contributed by atoms with Crippen LogP contribution in [0.4, 0.5) is 0 Å². The predicted octanol–water partition coefficient (Wildman–Crippen LogP) is -11.7. The first kappa shape index (κ1) is 69.8. The average Bonchev–Trinajstić information content (AvgIpc) is 2.20. The number of aliphatic carboxylic acids is 7. The van der Waals surface area contributed by atoms with Crippen molar-refractivity contribution in [2.45, 2.75) is 48.5 Å². The Labute approximate surface area is 227 Å². The first-order chi connectivity index (χ1) is 12.1. The fraction of sp³-hybridized carbons (Fsp3) is 0.500. The number of carbonyl (C=O) groups is 7. The van der Waals surface area contributed by atoms with Crippen molar-refractivity contribution in [3.05, 3.63) is 0 Å². The van der Waals surface area contributed by atoms with Gasteiger partial charge in [0.2, 0.25) is 0 Å². The maximum Gasteiger partial charge on any atom is 2.00 e. The van der Waals surface area contributed by atoms with Crippen molar-refractivity contribution in [1.29, 1.82) is 0 Å². The number of carboxylic acid groups (broad SMARTS) is 7. The monoisotopic (exact) mass is 592 g/mol. The van der Waals surface area contributed by atoms with Gasteiger partial charge in [-0.3, -0.25) is 0 Å². The Morgan fingerprint density at radius 3 is 0.375 bits per heavy atom. The van der Waals surface area contributed by atoms with E-state index in [0.29, 0.717) is 0 Å². The van der Waals surface area contributed by atoms with Crippen LogP contribution in [-0.4, -0.2) is 41.8 Å². The van der Waals surface area contributed by atoms with E-state index in [9.17, 15) is 0 Å². The second-order valence-corrected chi connectivity index (χ2v) is 3.44. The number of carboxylic acids is 7. The minimum Gasteiger partial charge on any atom is -0.550 e. The third kappa shape index (κ3) is 8410. The van der Waals surface area contributed by atoms with Gasteiger partial charge in [-0.1, -0.05) is 0 Å². The van der Waals surface area contributed by atoms with E-state index in [4.69, 9.17) is 69.3 Å². The number of hydrogen-bond donors (Lipinski definition) is 0. The SMILES string of the molecule is CC(=O)[O-].CC(=O)[O-].CC(=O)[O-].CC(=O)[O-].CC(=O)[O-].CC(=O)[O-].CC(=O)[O-].[Co+2].[Li+].[Mn+2].[Ni+2]. The second kappa shape index (κ2) is 63.0.